The number of halogens is 1. The maximum Gasteiger partial charge on any atom is 0.184 e. The van der Waals surface area contributed by atoms with Crippen molar-refractivity contribution < 1.29 is 12.8 Å². The van der Waals surface area contributed by atoms with E-state index in [-0.39, 0.29) is 17.1 Å². The quantitative estimate of drug-likeness (QED) is 0.711. The Kier molecular flexibility index (Phi) is 1.99. The van der Waals surface area contributed by atoms with Crippen LogP contribution in [0.25, 0.3) is 0 Å². The van der Waals surface area contributed by atoms with Gasteiger partial charge in [-0.15, -0.1) is 0 Å². The number of fused-ring (bicyclic) bond motifs is 1. The van der Waals surface area contributed by atoms with Gasteiger partial charge >= 0.3 is 0 Å². The number of sulfone groups is 1. The fourth-order valence-electron chi connectivity index (χ4n) is 1.49. The van der Waals surface area contributed by atoms with Crippen LogP contribution in [0.4, 0.5) is 10.1 Å². The third kappa shape index (κ3) is 1.19. The minimum Gasteiger partial charge on any atom is -0.380 e. The largest absolute Gasteiger partial charge is 0.380 e. The molecule has 0 spiro atoms. The van der Waals surface area contributed by atoms with Crippen molar-refractivity contribution >= 4 is 15.5 Å². The van der Waals surface area contributed by atoms with Gasteiger partial charge in [-0.1, -0.05) is 6.07 Å². The number of rotatable bonds is 0. The molecule has 1 N–H and O–H groups in total. The van der Waals surface area contributed by atoms with Crippen molar-refractivity contribution in [2.45, 2.75) is 17.1 Å². The van der Waals surface area contributed by atoms with Gasteiger partial charge in [-0.25, -0.2) is 12.8 Å². The molecule has 1 unspecified atom stereocenters. The van der Waals surface area contributed by atoms with Crippen molar-refractivity contribution in [1.82, 2.24) is 0 Å². The molecule has 0 aliphatic carbocycles. The van der Waals surface area contributed by atoms with Crippen LogP contribution in [0.15, 0.2) is 23.1 Å². The van der Waals surface area contributed by atoms with Crippen molar-refractivity contribution in [3.63, 3.8) is 0 Å². The molecule has 0 fully saturated rings. The zero-order chi connectivity index (χ0) is 10.3. The first-order valence-corrected chi connectivity index (χ1v) is 5.84. The molecule has 1 aliphatic heterocycles. The molecule has 0 saturated heterocycles. The summed E-state index contributed by atoms with van der Waals surface area (Å²) in [6.07, 6.45) is 0. The molecule has 1 aromatic rings. The van der Waals surface area contributed by atoms with Crippen molar-refractivity contribution in [3.05, 3.63) is 24.0 Å². The van der Waals surface area contributed by atoms with E-state index in [0.29, 0.717) is 0 Å². The Morgan fingerprint density at radius 3 is 2.93 bits per heavy atom. The first kappa shape index (κ1) is 9.45. The third-order valence-corrected chi connectivity index (χ3v) is 4.56. The Labute approximate surface area is 81.9 Å². The zero-order valence-electron chi connectivity index (χ0n) is 7.62. The molecule has 0 aromatic heterocycles. The first-order valence-electron chi connectivity index (χ1n) is 4.30. The van der Waals surface area contributed by atoms with Crippen molar-refractivity contribution in [1.29, 1.82) is 0 Å². The molecule has 1 aromatic carbocycles. The van der Waals surface area contributed by atoms with Gasteiger partial charge in [0.25, 0.3) is 0 Å². The van der Waals surface area contributed by atoms with Gasteiger partial charge < -0.3 is 5.32 Å². The maximum atomic E-state index is 13.2. The lowest BCUT2D eigenvalue weighted by Gasteiger charge is -2.23. The smallest absolute Gasteiger partial charge is 0.184 e. The van der Waals surface area contributed by atoms with E-state index in [1.807, 2.05) is 0 Å². The Morgan fingerprint density at radius 2 is 2.21 bits per heavy atom. The second kappa shape index (κ2) is 2.95. The highest BCUT2D eigenvalue weighted by atomic mass is 32.2. The average Bonchev–Trinajstić information content (AvgIpc) is 2.13. The maximum absolute atomic E-state index is 13.2. The van der Waals surface area contributed by atoms with Crippen LogP contribution in [0.3, 0.4) is 0 Å². The van der Waals surface area contributed by atoms with Crippen LogP contribution in [-0.4, -0.2) is 20.2 Å². The summed E-state index contributed by atoms with van der Waals surface area (Å²) in [5.41, 5.74) is 0.102. The van der Waals surface area contributed by atoms with Crippen LogP contribution < -0.4 is 5.32 Å². The Balaban J connectivity index is 2.71. The molecule has 0 bridgehead atoms. The van der Waals surface area contributed by atoms with Crippen molar-refractivity contribution in [2.24, 2.45) is 0 Å². The molecule has 14 heavy (non-hydrogen) atoms. The minimum absolute atomic E-state index is 0.0660. The van der Waals surface area contributed by atoms with Gasteiger partial charge in [0.1, 0.15) is 5.82 Å². The predicted molar refractivity (Wildman–Crippen MR) is 51.5 cm³/mol. The molecule has 0 saturated carbocycles. The number of hydrogen-bond acceptors (Lipinski definition) is 3. The lowest BCUT2D eigenvalue weighted by atomic mass is 10.3. The summed E-state index contributed by atoms with van der Waals surface area (Å²) >= 11 is 0. The lowest BCUT2D eigenvalue weighted by Crippen LogP contribution is -2.32. The van der Waals surface area contributed by atoms with E-state index in [1.54, 1.807) is 6.92 Å². The summed E-state index contributed by atoms with van der Waals surface area (Å²) in [5, 5.41) is 2.28. The van der Waals surface area contributed by atoms with E-state index in [1.165, 1.54) is 18.2 Å². The highest BCUT2D eigenvalue weighted by Gasteiger charge is 2.31. The summed E-state index contributed by atoms with van der Waals surface area (Å²) in [4.78, 5) is 0.0660. The molecule has 2 rings (SSSR count). The number of hydrogen-bond donors (Lipinski definition) is 1. The van der Waals surface area contributed by atoms with Crippen LogP contribution in [0.1, 0.15) is 6.92 Å². The van der Waals surface area contributed by atoms with Crippen molar-refractivity contribution in [2.75, 3.05) is 11.9 Å². The van der Waals surface area contributed by atoms with Crippen LogP contribution in [0.5, 0.6) is 0 Å². The van der Waals surface area contributed by atoms with Gasteiger partial charge in [0, 0.05) is 6.54 Å². The number of nitrogens with one attached hydrogen (secondary N) is 1. The molecule has 76 valence electrons. The number of para-hydroxylation sites is 1. The second-order valence-electron chi connectivity index (χ2n) is 3.35. The Morgan fingerprint density at radius 1 is 1.50 bits per heavy atom. The summed E-state index contributed by atoms with van der Waals surface area (Å²) < 4.78 is 36.7. The standard InChI is InChI=1S/C9H10FNO2S/c1-6-5-11-9-7(10)3-2-4-8(9)14(6,12)13/h2-4,6,11H,5H2,1H3. The third-order valence-electron chi connectivity index (χ3n) is 2.38. The molecule has 1 heterocycles. The highest BCUT2D eigenvalue weighted by Crippen LogP contribution is 2.31. The molecule has 5 heteroatoms. The average molecular weight is 215 g/mol. The van der Waals surface area contributed by atoms with Crippen LogP contribution in [0.2, 0.25) is 0 Å². The SMILES string of the molecule is CC1CNc2c(F)cccc2S1(=O)=O. The molecular weight excluding hydrogens is 205 g/mol. The fourth-order valence-corrected chi connectivity index (χ4v) is 2.94. The lowest BCUT2D eigenvalue weighted by molar-refractivity contribution is 0.576. The van der Waals surface area contributed by atoms with Gasteiger partial charge in [-0.2, -0.15) is 0 Å². The Hall–Kier alpha value is -1.10. The molecule has 0 radical (unpaired) electrons. The summed E-state index contributed by atoms with van der Waals surface area (Å²) in [6.45, 7) is 1.87. The van der Waals surface area contributed by atoms with Crippen LogP contribution in [-0.2, 0) is 9.84 Å². The van der Waals surface area contributed by atoms with E-state index in [0.717, 1.165) is 0 Å². The van der Waals surface area contributed by atoms with Gasteiger partial charge in [-0.3, -0.25) is 0 Å². The van der Waals surface area contributed by atoms with E-state index >= 15 is 0 Å². The summed E-state index contributed by atoms with van der Waals surface area (Å²) in [6, 6.07) is 4.08. The molecule has 1 aliphatic rings. The highest BCUT2D eigenvalue weighted by molar-refractivity contribution is 7.92. The topological polar surface area (TPSA) is 46.2 Å². The molecule has 3 nitrogen and oxygen atoms in total. The Bertz CT molecular complexity index is 470. The fraction of sp³-hybridized carbons (Fsp3) is 0.333. The van der Waals surface area contributed by atoms with E-state index < -0.39 is 20.9 Å². The van der Waals surface area contributed by atoms with Crippen molar-refractivity contribution in [3.8, 4) is 0 Å². The molecular formula is C9H10FNO2S. The summed E-state index contributed by atoms with van der Waals surface area (Å²) in [5.74, 6) is -0.516. The van der Waals surface area contributed by atoms with Crippen LogP contribution in [0, 0.1) is 5.82 Å². The molecule has 1 atom stereocenters. The molecule has 0 amide bonds. The normalized spacial score (nSPS) is 23.7. The second-order valence-corrected chi connectivity index (χ2v) is 5.68. The van der Waals surface area contributed by atoms with E-state index in [2.05, 4.69) is 5.32 Å². The van der Waals surface area contributed by atoms with Gasteiger partial charge in [0.15, 0.2) is 9.84 Å². The number of anilines is 1. The minimum atomic E-state index is -3.35. The number of benzene rings is 1. The van der Waals surface area contributed by atoms with Gasteiger partial charge in [0.2, 0.25) is 0 Å². The zero-order valence-corrected chi connectivity index (χ0v) is 8.44. The van der Waals surface area contributed by atoms with Gasteiger partial charge in [0.05, 0.1) is 15.8 Å². The monoisotopic (exact) mass is 215 g/mol. The van der Waals surface area contributed by atoms with E-state index in [9.17, 15) is 12.8 Å². The van der Waals surface area contributed by atoms with E-state index in [4.69, 9.17) is 0 Å². The predicted octanol–water partition coefficient (Wildman–Crippen LogP) is 1.41. The van der Waals surface area contributed by atoms with Gasteiger partial charge in [-0.05, 0) is 19.1 Å². The van der Waals surface area contributed by atoms with Crippen LogP contribution >= 0.6 is 0 Å². The summed E-state index contributed by atoms with van der Waals surface area (Å²) in [7, 11) is -3.35. The first-order chi connectivity index (χ1) is 6.53.